The van der Waals surface area contributed by atoms with E-state index in [1.807, 2.05) is 18.4 Å². The van der Waals surface area contributed by atoms with Crippen molar-refractivity contribution in [2.45, 2.75) is 30.7 Å². The Morgan fingerprint density at radius 1 is 1.35 bits per heavy atom. The second kappa shape index (κ2) is 6.17. The fourth-order valence-corrected chi connectivity index (χ4v) is 5.23. The van der Waals surface area contributed by atoms with Gasteiger partial charge in [0.2, 0.25) is 10.0 Å². The molecule has 8 heteroatoms. The van der Waals surface area contributed by atoms with Gasteiger partial charge >= 0.3 is 0 Å². The summed E-state index contributed by atoms with van der Waals surface area (Å²) in [5, 5.41) is 0. The molecule has 0 radical (unpaired) electrons. The number of nitrogens with zero attached hydrogens (tertiary/aromatic N) is 2. The number of sulfonamides is 1. The van der Waals surface area contributed by atoms with Gasteiger partial charge in [0.05, 0.1) is 5.88 Å². The van der Waals surface area contributed by atoms with Crippen molar-refractivity contribution in [1.29, 1.82) is 0 Å². The number of halogens is 1. The predicted molar refractivity (Wildman–Crippen MR) is 81.0 cm³/mol. The van der Waals surface area contributed by atoms with Gasteiger partial charge in [0.1, 0.15) is 4.90 Å². The summed E-state index contributed by atoms with van der Waals surface area (Å²) in [5.74, 6) is 1.09. The summed E-state index contributed by atoms with van der Waals surface area (Å²) in [4.78, 5) is 0.273. The van der Waals surface area contributed by atoms with Gasteiger partial charge in [-0.2, -0.15) is 4.31 Å². The van der Waals surface area contributed by atoms with Crippen molar-refractivity contribution in [2.24, 2.45) is 0 Å². The lowest BCUT2D eigenvalue weighted by molar-refractivity contribution is 0.438. The Hall–Kier alpha value is -0.370. The van der Waals surface area contributed by atoms with Crippen LogP contribution in [0.3, 0.4) is 0 Å². The third-order valence-corrected chi connectivity index (χ3v) is 6.79. The molecule has 1 fully saturated rings. The smallest absolute Gasteiger partial charge is 0.244 e. The maximum atomic E-state index is 12.6. The van der Waals surface area contributed by atoms with Gasteiger partial charge in [-0.3, -0.25) is 4.21 Å². The third kappa shape index (κ3) is 3.10. The van der Waals surface area contributed by atoms with E-state index in [4.69, 9.17) is 11.6 Å². The molecule has 0 unspecified atom stereocenters. The van der Waals surface area contributed by atoms with Crippen LogP contribution in [-0.4, -0.2) is 46.1 Å². The molecular formula is C12H19ClN2O3S2. The Balaban J connectivity index is 2.32. The molecule has 2 heterocycles. The summed E-state index contributed by atoms with van der Waals surface area (Å²) in [6.45, 7) is 4.60. The first kappa shape index (κ1) is 16.0. The Kier molecular flexibility index (Phi) is 4.94. The lowest BCUT2D eigenvalue weighted by Crippen LogP contribution is -2.41. The van der Waals surface area contributed by atoms with E-state index in [0.29, 0.717) is 24.6 Å². The van der Waals surface area contributed by atoms with Crippen LogP contribution in [0.15, 0.2) is 17.2 Å². The van der Waals surface area contributed by atoms with Crippen molar-refractivity contribution in [3.8, 4) is 0 Å². The van der Waals surface area contributed by atoms with Crippen LogP contribution in [0.5, 0.6) is 0 Å². The molecule has 0 amide bonds. The van der Waals surface area contributed by atoms with Crippen LogP contribution in [-0.2, 0) is 26.7 Å². The first-order chi connectivity index (χ1) is 9.36. The van der Waals surface area contributed by atoms with Crippen molar-refractivity contribution in [2.75, 3.05) is 24.6 Å². The second-order valence-electron chi connectivity index (χ2n) is 5.05. The molecule has 1 saturated heterocycles. The minimum atomic E-state index is -3.51. The van der Waals surface area contributed by atoms with Gasteiger partial charge in [-0.15, -0.1) is 11.6 Å². The number of rotatable bonds is 4. The molecule has 0 bridgehead atoms. The van der Waals surface area contributed by atoms with Gasteiger partial charge < -0.3 is 4.57 Å². The first-order valence-corrected chi connectivity index (χ1v) is 9.94. The summed E-state index contributed by atoms with van der Waals surface area (Å²) < 4.78 is 39.8. The minimum Gasteiger partial charge on any atom is -0.346 e. The SMILES string of the molecule is CC(C)n1cc(S(=O)(=O)N2CCS(=O)CC2)cc1CCl. The molecule has 1 aliphatic heterocycles. The zero-order chi connectivity index (χ0) is 14.9. The van der Waals surface area contributed by atoms with Crippen LogP contribution in [0.1, 0.15) is 25.6 Å². The van der Waals surface area contributed by atoms with Crippen molar-refractivity contribution in [1.82, 2.24) is 8.87 Å². The molecule has 0 aliphatic carbocycles. The Morgan fingerprint density at radius 3 is 2.40 bits per heavy atom. The molecule has 1 aromatic heterocycles. The number of alkyl halides is 1. The minimum absolute atomic E-state index is 0.154. The molecule has 0 spiro atoms. The predicted octanol–water partition coefficient (Wildman–Crippen LogP) is 1.56. The van der Waals surface area contributed by atoms with E-state index < -0.39 is 20.8 Å². The highest BCUT2D eigenvalue weighted by Gasteiger charge is 2.29. The van der Waals surface area contributed by atoms with Crippen LogP contribution in [0, 0.1) is 0 Å². The first-order valence-electron chi connectivity index (χ1n) is 6.48. The van der Waals surface area contributed by atoms with Gasteiger partial charge in [-0.1, -0.05) is 0 Å². The van der Waals surface area contributed by atoms with E-state index in [0.717, 1.165) is 5.69 Å². The van der Waals surface area contributed by atoms with Crippen LogP contribution < -0.4 is 0 Å². The lowest BCUT2D eigenvalue weighted by atomic mass is 10.4. The van der Waals surface area contributed by atoms with Crippen LogP contribution in [0.4, 0.5) is 0 Å². The molecule has 2 rings (SSSR count). The third-order valence-electron chi connectivity index (χ3n) is 3.37. The lowest BCUT2D eigenvalue weighted by Gasteiger charge is -2.25. The maximum Gasteiger partial charge on any atom is 0.244 e. The average Bonchev–Trinajstić information content (AvgIpc) is 2.84. The van der Waals surface area contributed by atoms with E-state index in [9.17, 15) is 12.6 Å². The normalized spacial score (nSPS) is 18.8. The molecule has 1 aliphatic rings. The number of hydrogen-bond acceptors (Lipinski definition) is 3. The summed E-state index contributed by atoms with van der Waals surface area (Å²) >= 11 is 5.87. The quantitative estimate of drug-likeness (QED) is 0.783. The maximum absolute atomic E-state index is 12.6. The largest absolute Gasteiger partial charge is 0.346 e. The molecule has 0 N–H and O–H groups in total. The Labute approximate surface area is 127 Å². The molecule has 1 aromatic rings. The van der Waals surface area contributed by atoms with Crippen molar-refractivity contribution < 1.29 is 12.6 Å². The monoisotopic (exact) mass is 338 g/mol. The van der Waals surface area contributed by atoms with Crippen LogP contribution >= 0.6 is 11.6 Å². The molecule has 0 saturated carbocycles. The summed E-state index contributed by atoms with van der Waals surface area (Å²) in [6, 6.07) is 1.79. The molecule has 114 valence electrons. The molecule has 20 heavy (non-hydrogen) atoms. The topological polar surface area (TPSA) is 59.4 Å². The average molecular weight is 339 g/mol. The van der Waals surface area contributed by atoms with Gasteiger partial charge in [0.15, 0.2) is 0 Å². The molecule has 0 atom stereocenters. The van der Waals surface area contributed by atoms with Crippen molar-refractivity contribution in [3.63, 3.8) is 0 Å². The Bertz CT molecular complexity index is 600. The van der Waals surface area contributed by atoms with Gasteiger partial charge in [-0.05, 0) is 19.9 Å². The van der Waals surface area contributed by atoms with Gasteiger partial charge in [0.25, 0.3) is 0 Å². The van der Waals surface area contributed by atoms with E-state index in [-0.39, 0.29) is 16.8 Å². The zero-order valence-corrected chi connectivity index (χ0v) is 14.0. The summed E-state index contributed by atoms with van der Waals surface area (Å²) in [5.41, 5.74) is 0.792. The summed E-state index contributed by atoms with van der Waals surface area (Å²) in [6.07, 6.45) is 1.64. The standard InChI is InChI=1S/C12H19ClN2O3S2/c1-10(2)15-9-12(7-11(15)8-13)20(17,18)14-3-5-19(16)6-4-14/h7,9-10H,3-6,8H2,1-2H3. The van der Waals surface area contributed by atoms with E-state index >= 15 is 0 Å². The van der Waals surface area contributed by atoms with Gasteiger partial charge in [-0.25, -0.2) is 8.42 Å². The van der Waals surface area contributed by atoms with Gasteiger partial charge in [0, 0.05) is 53.3 Å². The fourth-order valence-electron chi connectivity index (χ4n) is 2.24. The van der Waals surface area contributed by atoms with Crippen molar-refractivity contribution in [3.05, 3.63) is 18.0 Å². The van der Waals surface area contributed by atoms with E-state index in [1.165, 1.54) is 4.31 Å². The highest BCUT2D eigenvalue weighted by Crippen LogP contribution is 2.24. The van der Waals surface area contributed by atoms with Crippen LogP contribution in [0.2, 0.25) is 0 Å². The van der Waals surface area contributed by atoms with E-state index in [2.05, 4.69) is 0 Å². The molecular weight excluding hydrogens is 320 g/mol. The summed E-state index contributed by atoms with van der Waals surface area (Å²) in [7, 11) is -4.40. The number of aromatic nitrogens is 1. The number of hydrogen-bond donors (Lipinski definition) is 0. The highest BCUT2D eigenvalue weighted by molar-refractivity contribution is 7.89. The second-order valence-corrected chi connectivity index (χ2v) is 8.96. The van der Waals surface area contributed by atoms with Crippen molar-refractivity contribution >= 4 is 32.4 Å². The zero-order valence-electron chi connectivity index (χ0n) is 11.6. The fraction of sp³-hybridized carbons (Fsp3) is 0.667. The highest BCUT2D eigenvalue weighted by atomic mass is 35.5. The van der Waals surface area contributed by atoms with Crippen LogP contribution in [0.25, 0.3) is 0 Å². The van der Waals surface area contributed by atoms with E-state index in [1.54, 1.807) is 12.3 Å². The Morgan fingerprint density at radius 2 is 1.95 bits per heavy atom. The molecule has 5 nitrogen and oxygen atoms in total. The molecule has 0 aromatic carbocycles.